The quantitative estimate of drug-likeness (QED) is 0.785. The molecule has 0 aromatic carbocycles. The number of aromatic nitrogens is 2. The van der Waals surface area contributed by atoms with Crippen molar-refractivity contribution in [3.05, 3.63) is 18.2 Å². The molecule has 0 atom stereocenters. The maximum absolute atomic E-state index is 4.30. The molecule has 0 radical (unpaired) electrons. The first-order valence-corrected chi connectivity index (χ1v) is 5.56. The Morgan fingerprint density at radius 1 is 1.50 bits per heavy atom. The summed E-state index contributed by atoms with van der Waals surface area (Å²) in [6.45, 7) is 1.06. The highest BCUT2D eigenvalue weighted by atomic mass is 15.0. The fourth-order valence-electron chi connectivity index (χ4n) is 2.16. The summed E-state index contributed by atoms with van der Waals surface area (Å²) < 4.78 is 2.09. The van der Waals surface area contributed by atoms with Crippen LogP contribution in [0.25, 0.3) is 0 Å². The summed E-state index contributed by atoms with van der Waals surface area (Å²) in [6, 6.07) is 0.773. The Labute approximate surface area is 85.5 Å². The Bertz CT molecular complexity index is 274. The molecule has 14 heavy (non-hydrogen) atoms. The molecule has 1 N–H and O–H groups in total. The largest absolute Gasteiger partial charge is 0.338 e. The van der Waals surface area contributed by atoms with Gasteiger partial charge in [-0.25, -0.2) is 4.98 Å². The molecule has 2 rings (SSSR count). The molecule has 0 unspecified atom stereocenters. The van der Waals surface area contributed by atoms with Crippen molar-refractivity contribution < 1.29 is 0 Å². The van der Waals surface area contributed by atoms with Gasteiger partial charge in [0.1, 0.15) is 5.82 Å². The van der Waals surface area contributed by atoms with Crippen LogP contribution >= 0.6 is 0 Å². The zero-order valence-electron chi connectivity index (χ0n) is 8.87. The van der Waals surface area contributed by atoms with Gasteiger partial charge in [0.15, 0.2) is 0 Å². The van der Waals surface area contributed by atoms with Gasteiger partial charge in [0.25, 0.3) is 0 Å². The van der Waals surface area contributed by atoms with Gasteiger partial charge >= 0.3 is 0 Å². The van der Waals surface area contributed by atoms with E-state index in [2.05, 4.69) is 21.9 Å². The first-order chi connectivity index (χ1) is 6.86. The maximum atomic E-state index is 4.30. The molecule has 3 nitrogen and oxygen atoms in total. The van der Waals surface area contributed by atoms with Gasteiger partial charge < -0.3 is 9.88 Å². The van der Waals surface area contributed by atoms with E-state index in [0.29, 0.717) is 0 Å². The minimum Gasteiger partial charge on any atom is -0.338 e. The van der Waals surface area contributed by atoms with E-state index in [1.54, 1.807) is 0 Å². The van der Waals surface area contributed by atoms with E-state index < -0.39 is 0 Å². The molecule has 1 fully saturated rings. The van der Waals surface area contributed by atoms with Crippen LogP contribution in [0.15, 0.2) is 12.4 Å². The van der Waals surface area contributed by atoms with Crippen molar-refractivity contribution in [1.29, 1.82) is 0 Å². The monoisotopic (exact) mass is 193 g/mol. The fourth-order valence-corrected chi connectivity index (χ4v) is 2.16. The zero-order chi connectivity index (χ0) is 9.80. The zero-order valence-corrected chi connectivity index (χ0v) is 8.87. The predicted octanol–water partition coefficient (Wildman–Crippen LogP) is 1.49. The van der Waals surface area contributed by atoms with E-state index in [4.69, 9.17) is 0 Å². The summed E-state index contributed by atoms with van der Waals surface area (Å²) >= 11 is 0. The number of rotatable bonds is 4. The predicted molar refractivity (Wildman–Crippen MR) is 57.2 cm³/mol. The van der Waals surface area contributed by atoms with E-state index >= 15 is 0 Å². The third kappa shape index (κ3) is 2.35. The number of hydrogen-bond donors (Lipinski definition) is 1. The smallest absolute Gasteiger partial charge is 0.109 e. The summed E-state index contributed by atoms with van der Waals surface area (Å²) in [5.74, 6) is 1.18. The Morgan fingerprint density at radius 2 is 2.29 bits per heavy atom. The second-order valence-electron chi connectivity index (χ2n) is 4.14. The molecule has 1 aromatic rings. The second kappa shape index (κ2) is 4.60. The first kappa shape index (κ1) is 9.71. The van der Waals surface area contributed by atoms with Crippen LogP contribution < -0.4 is 5.32 Å². The Balaban J connectivity index is 1.70. The third-order valence-electron chi connectivity index (χ3n) is 3.06. The van der Waals surface area contributed by atoms with Crippen molar-refractivity contribution in [2.45, 2.75) is 38.1 Å². The van der Waals surface area contributed by atoms with Crippen molar-refractivity contribution in [3.63, 3.8) is 0 Å². The van der Waals surface area contributed by atoms with Crippen LogP contribution in [0.3, 0.4) is 0 Å². The van der Waals surface area contributed by atoms with Crippen LogP contribution in [0.1, 0.15) is 31.5 Å². The molecule has 0 spiro atoms. The standard InChI is InChI=1S/C11H19N3/c1-14-9-8-13-11(14)6-7-12-10-4-2-3-5-10/h8-10,12H,2-7H2,1H3. The summed E-state index contributed by atoms with van der Waals surface area (Å²) in [5, 5.41) is 3.59. The molecule has 0 amide bonds. The molecular weight excluding hydrogens is 174 g/mol. The third-order valence-corrected chi connectivity index (χ3v) is 3.06. The SMILES string of the molecule is Cn1ccnc1CCNC1CCCC1. The molecule has 0 saturated heterocycles. The van der Waals surface area contributed by atoms with Gasteiger partial charge in [-0.3, -0.25) is 0 Å². The highest BCUT2D eigenvalue weighted by molar-refractivity contribution is 4.91. The van der Waals surface area contributed by atoms with Crippen molar-refractivity contribution >= 4 is 0 Å². The molecule has 0 aliphatic heterocycles. The Kier molecular flexibility index (Phi) is 3.19. The summed E-state index contributed by atoms with van der Waals surface area (Å²) in [5.41, 5.74) is 0. The van der Waals surface area contributed by atoms with Crippen molar-refractivity contribution in [2.75, 3.05) is 6.54 Å². The summed E-state index contributed by atoms with van der Waals surface area (Å²) in [7, 11) is 2.05. The van der Waals surface area contributed by atoms with Crippen molar-refractivity contribution in [2.24, 2.45) is 7.05 Å². The van der Waals surface area contributed by atoms with Gasteiger partial charge in [0, 0.05) is 38.4 Å². The van der Waals surface area contributed by atoms with Crippen molar-refractivity contribution in [1.82, 2.24) is 14.9 Å². The van der Waals surface area contributed by atoms with Gasteiger partial charge in [0.2, 0.25) is 0 Å². The molecule has 0 bridgehead atoms. The molecule has 3 heteroatoms. The summed E-state index contributed by atoms with van der Waals surface area (Å²) in [6.07, 6.45) is 10.4. The van der Waals surface area contributed by atoms with E-state index in [-0.39, 0.29) is 0 Å². The van der Waals surface area contributed by atoms with Crippen LogP contribution in [0.2, 0.25) is 0 Å². The van der Waals surface area contributed by atoms with Crippen molar-refractivity contribution in [3.8, 4) is 0 Å². The maximum Gasteiger partial charge on any atom is 0.109 e. The minimum absolute atomic E-state index is 0.773. The van der Waals surface area contributed by atoms with Crippen LogP contribution in [0.4, 0.5) is 0 Å². The Morgan fingerprint density at radius 3 is 2.93 bits per heavy atom. The fraction of sp³-hybridized carbons (Fsp3) is 0.727. The topological polar surface area (TPSA) is 29.9 Å². The van der Waals surface area contributed by atoms with E-state index in [9.17, 15) is 0 Å². The molecule has 1 saturated carbocycles. The molecular formula is C11H19N3. The number of nitrogens with one attached hydrogen (secondary N) is 1. The average molecular weight is 193 g/mol. The van der Waals surface area contributed by atoms with Gasteiger partial charge in [-0.15, -0.1) is 0 Å². The number of imidazole rings is 1. The highest BCUT2D eigenvalue weighted by Gasteiger charge is 2.13. The van der Waals surface area contributed by atoms with Gasteiger partial charge in [-0.1, -0.05) is 12.8 Å². The molecule has 1 aliphatic carbocycles. The molecule has 1 aromatic heterocycles. The van der Waals surface area contributed by atoms with Crippen LogP contribution in [-0.2, 0) is 13.5 Å². The molecule has 1 heterocycles. The first-order valence-electron chi connectivity index (χ1n) is 5.56. The van der Waals surface area contributed by atoms with E-state index in [1.165, 1.54) is 31.5 Å². The number of nitrogens with zero attached hydrogens (tertiary/aromatic N) is 2. The number of aryl methyl sites for hydroxylation is 1. The minimum atomic E-state index is 0.773. The van der Waals surface area contributed by atoms with Crippen LogP contribution in [-0.4, -0.2) is 22.1 Å². The van der Waals surface area contributed by atoms with Crippen LogP contribution in [0, 0.1) is 0 Å². The van der Waals surface area contributed by atoms with Crippen LogP contribution in [0.5, 0.6) is 0 Å². The normalized spacial score (nSPS) is 17.8. The lowest BCUT2D eigenvalue weighted by molar-refractivity contribution is 0.520. The van der Waals surface area contributed by atoms with E-state index in [1.807, 2.05) is 12.4 Å². The summed E-state index contributed by atoms with van der Waals surface area (Å²) in [4.78, 5) is 4.30. The average Bonchev–Trinajstić information content (AvgIpc) is 2.78. The van der Waals surface area contributed by atoms with Gasteiger partial charge in [-0.2, -0.15) is 0 Å². The van der Waals surface area contributed by atoms with E-state index in [0.717, 1.165) is 19.0 Å². The second-order valence-corrected chi connectivity index (χ2v) is 4.14. The Hall–Kier alpha value is -0.830. The lowest BCUT2D eigenvalue weighted by Crippen LogP contribution is -2.28. The lowest BCUT2D eigenvalue weighted by Gasteiger charge is -2.11. The van der Waals surface area contributed by atoms with Gasteiger partial charge in [0.05, 0.1) is 0 Å². The molecule has 1 aliphatic rings. The number of hydrogen-bond acceptors (Lipinski definition) is 2. The highest BCUT2D eigenvalue weighted by Crippen LogP contribution is 2.17. The van der Waals surface area contributed by atoms with Gasteiger partial charge in [-0.05, 0) is 12.8 Å². The lowest BCUT2D eigenvalue weighted by atomic mass is 10.2. The molecule has 78 valence electrons.